The van der Waals surface area contributed by atoms with E-state index in [0.29, 0.717) is 25.2 Å². The first kappa shape index (κ1) is 14.5. The van der Waals surface area contributed by atoms with Gasteiger partial charge in [0.15, 0.2) is 0 Å². The molecule has 1 fully saturated rings. The molecule has 0 saturated carbocycles. The molecule has 110 valence electrons. The third kappa shape index (κ3) is 3.79. The van der Waals surface area contributed by atoms with Crippen molar-refractivity contribution in [1.82, 2.24) is 0 Å². The largest absolute Gasteiger partial charge is 0.573 e. The van der Waals surface area contributed by atoms with Crippen LogP contribution < -0.4 is 9.64 Å². The monoisotopic (exact) mass is 289 g/mol. The molecule has 2 rings (SSSR count). The van der Waals surface area contributed by atoms with Crippen LogP contribution in [0.25, 0.3) is 0 Å². The van der Waals surface area contributed by atoms with Gasteiger partial charge >= 0.3 is 12.3 Å². The lowest BCUT2D eigenvalue weighted by molar-refractivity contribution is -0.274. The average molecular weight is 289 g/mol. The van der Waals surface area contributed by atoms with Gasteiger partial charge in [-0.25, -0.2) is 0 Å². The van der Waals surface area contributed by atoms with Crippen LogP contribution in [-0.2, 0) is 4.79 Å². The quantitative estimate of drug-likeness (QED) is 0.929. The lowest BCUT2D eigenvalue weighted by Crippen LogP contribution is -2.38. The minimum absolute atomic E-state index is 0.284. The van der Waals surface area contributed by atoms with E-state index >= 15 is 0 Å². The summed E-state index contributed by atoms with van der Waals surface area (Å²) < 4.78 is 39.9. The number of nitrogens with zero attached hydrogens (tertiary/aromatic N) is 1. The van der Waals surface area contributed by atoms with Crippen molar-refractivity contribution < 1.29 is 27.8 Å². The van der Waals surface area contributed by atoms with Crippen molar-refractivity contribution in [3.8, 4) is 5.75 Å². The molecule has 1 aromatic carbocycles. The predicted octanol–water partition coefficient (Wildman–Crippen LogP) is 2.89. The van der Waals surface area contributed by atoms with E-state index in [9.17, 15) is 18.0 Å². The highest BCUT2D eigenvalue weighted by molar-refractivity contribution is 5.71. The van der Waals surface area contributed by atoms with Gasteiger partial charge in [-0.3, -0.25) is 4.79 Å². The number of hydrogen-bond donors (Lipinski definition) is 1. The van der Waals surface area contributed by atoms with E-state index < -0.39 is 18.2 Å². The number of benzene rings is 1. The molecule has 4 nitrogen and oxygen atoms in total. The van der Waals surface area contributed by atoms with E-state index in [1.54, 1.807) is 0 Å². The topological polar surface area (TPSA) is 49.8 Å². The van der Waals surface area contributed by atoms with Gasteiger partial charge in [-0.1, -0.05) is 0 Å². The highest BCUT2D eigenvalue weighted by atomic mass is 19.4. The van der Waals surface area contributed by atoms with E-state index in [1.165, 1.54) is 24.3 Å². The van der Waals surface area contributed by atoms with Crippen LogP contribution in [0.1, 0.15) is 12.8 Å². The summed E-state index contributed by atoms with van der Waals surface area (Å²) in [6.07, 6.45) is -3.33. The van der Waals surface area contributed by atoms with Crippen molar-refractivity contribution in [2.45, 2.75) is 19.2 Å². The van der Waals surface area contributed by atoms with Gasteiger partial charge in [0.05, 0.1) is 5.92 Å². The summed E-state index contributed by atoms with van der Waals surface area (Å²) in [5, 5.41) is 9.00. The van der Waals surface area contributed by atoms with Crippen molar-refractivity contribution in [2.24, 2.45) is 5.92 Å². The van der Waals surface area contributed by atoms with Crippen LogP contribution >= 0.6 is 0 Å². The normalized spacial score (nSPS) is 19.8. The number of ether oxygens (including phenoxy) is 1. The maximum Gasteiger partial charge on any atom is 0.573 e. The molecule has 0 aromatic heterocycles. The summed E-state index contributed by atoms with van der Waals surface area (Å²) in [7, 11) is 0. The molecular formula is C13H14F3NO3. The van der Waals surface area contributed by atoms with Crippen LogP contribution in [0.4, 0.5) is 18.9 Å². The summed E-state index contributed by atoms with van der Waals surface area (Å²) in [5.74, 6) is -1.56. The molecule has 0 spiro atoms. The fourth-order valence-electron chi connectivity index (χ4n) is 2.27. The molecule has 1 aromatic rings. The molecular weight excluding hydrogens is 275 g/mol. The third-order valence-corrected chi connectivity index (χ3v) is 3.21. The zero-order valence-corrected chi connectivity index (χ0v) is 10.6. The van der Waals surface area contributed by atoms with Crippen LogP contribution in [0.3, 0.4) is 0 Å². The molecule has 1 aliphatic heterocycles. The Hall–Kier alpha value is -1.92. The summed E-state index contributed by atoms with van der Waals surface area (Å²) in [4.78, 5) is 12.8. The highest BCUT2D eigenvalue weighted by Crippen LogP contribution is 2.27. The SMILES string of the molecule is O=C(O)C1CCCN(c2ccc(OC(F)(F)F)cc2)C1. The minimum Gasteiger partial charge on any atom is -0.481 e. The zero-order valence-electron chi connectivity index (χ0n) is 10.6. The molecule has 0 amide bonds. The number of alkyl halides is 3. The van der Waals surface area contributed by atoms with Crippen LogP contribution in [0.15, 0.2) is 24.3 Å². The number of aliphatic carboxylic acids is 1. The van der Waals surface area contributed by atoms with Crippen molar-refractivity contribution in [3.63, 3.8) is 0 Å². The Morgan fingerprint density at radius 2 is 1.95 bits per heavy atom. The fourth-order valence-corrected chi connectivity index (χ4v) is 2.27. The van der Waals surface area contributed by atoms with E-state index in [4.69, 9.17) is 5.11 Å². The summed E-state index contributed by atoms with van der Waals surface area (Å²) >= 11 is 0. The molecule has 1 aliphatic rings. The van der Waals surface area contributed by atoms with Gasteiger partial charge in [-0.2, -0.15) is 0 Å². The molecule has 0 aliphatic carbocycles. The van der Waals surface area contributed by atoms with Crippen molar-refractivity contribution >= 4 is 11.7 Å². The number of hydrogen-bond acceptors (Lipinski definition) is 3. The Labute approximate surface area is 113 Å². The smallest absolute Gasteiger partial charge is 0.481 e. The van der Waals surface area contributed by atoms with Gasteiger partial charge in [0.2, 0.25) is 0 Å². The number of carbonyl (C=O) groups is 1. The van der Waals surface area contributed by atoms with E-state index in [2.05, 4.69) is 4.74 Å². The number of rotatable bonds is 3. The van der Waals surface area contributed by atoms with Gasteiger partial charge in [-0.15, -0.1) is 13.2 Å². The summed E-state index contributed by atoms with van der Waals surface area (Å²) in [6.45, 7) is 1.07. The first-order chi connectivity index (χ1) is 9.35. The lowest BCUT2D eigenvalue weighted by atomic mass is 9.98. The van der Waals surface area contributed by atoms with Gasteiger partial charge in [0.25, 0.3) is 0 Å². The second-order valence-corrected chi connectivity index (χ2v) is 4.67. The summed E-state index contributed by atoms with van der Waals surface area (Å²) in [5.41, 5.74) is 0.700. The van der Waals surface area contributed by atoms with Gasteiger partial charge in [0.1, 0.15) is 5.75 Å². The lowest BCUT2D eigenvalue weighted by Gasteiger charge is -2.32. The van der Waals surface area contributed by atoms with Gasteiger partial charge < -0.3 is 14.7 Å². The molecule has 0 bridgehead atoms. The number of carboxylic acid groups (broad SMARTS) is 1. The second kappa shape index (κ2) is 5.60. The van der Waals surface area contributed by atoms with Crippen LogP contribution in [0.5, 0.6) is 5.75 Å². The Kier molecular flexibility index (Phi) is 4.06. The maximum absolute atomic E-state index is 12.0. The molecule has 20 heavy (non-hydrogen) atoms. The van der Waals surface area contributed by atoms with Crippen LogP contribution in [-0.4, -0.2) is 30.5 Å². The van der Waals surface area contributed by atoms with E-state index in [-0.39, 0.29) is 5.75 Å². The molecule has 1 atom stereocenters. The maximum atomic E-state index is 12.0. The number of piperidine rings is 1. The Morgan fingerprint density at radius 1 is 1.30 bits per heavy atom. The summed E-state index contributed by atoms with van der Waals surface area (Å²) in [6, 6.07) is 5.47. The predicted molar refractivity (Wildman–Crippen MR) is 65.7 cm³/mol. The first-order valence-corrected chi connectivity index (χ1v) is 6.19. The van der Waals surface area contributed by atoms with Crippen molar-refractivity contribution in [1.29, 1.82) is 0 Å². The minimum atomic E-state index is -4.71. The van der Waals surface area contributed by atoms with Gasteiger partial charge in [0, 0.05) is 18.8 Å². The van der Waals surface area contributed by atoms with Crippen LogP contribution in [0.2, 0.25) is 0 Å². The molecule has 1 N–H and O–H groups in total. The Bertz CT molecular complexity index is 473. The Balaban J connectivity index is 2.04. The third-order valence-electron chi connectivity index (χ3n) is 3.21. The van der Waals surface area contributed by atoms with Gasteiger partial charge in [-0.05, 0) is 37.1 Å². The fraction of sp³-hybridized carbons (Fsp3) is 0.462. The number of halogens is 3. The molecule has 1 unspecified atom stereocenters. The first-order valence-electron chi connectivity index (χ1n) is 6.19. The van der Waals surface area contributed by atoms with Crippen molar-refractivity contribution in [3.05, 3.63) is 24.3 Å². The zero-order chi connectivity index (χ0) is 14.8. The Morgan fingerprint density at radius 3 is 2.50 bits per heavy atom. The van der Waals surface area contributed by atoms with E-state index in [1.807, 2.05) is 4.90 Å². The number of anilines is 1. The average Bonchev–Trinajstić information content (AvgIpc) is 2.38. The van der Waals surface area contributed by atoms with E-state index in [0.717, 1.165) is 6.42 Å². The second-order valence-electron chi connectivity index (χ2n) is 4.67. The molecule has 7 heteroatoms. The molecule has 1 saturated heterocycles. The molecule has 1 heterocycles. The van der Waals surface area contributed by atoms with Crippen molar-refractivity contribution in [2.75, 3.05) is 18.0 Å². The highest BCUT2D eigenvalue weighted by Gasteiger charge is 2.31. The number of carboxylic acids is 1. The van der Waals surface area contributed by atoms with Crippen LogP contribution in [0, 0.1) is 5.92 Å². The molecule has 0 radical (unpaired) electrons. The standard InChI is InChI=1S/C13H14F3NO3/c14-13(15,16)20-11-5-3-10(4-6-11)17-7-1-2-9(8-17)12(18)19/h3-6,9H,1-2,7-8H2,(H,18,19).